The molecule has 0 aliphatic carbocycles. The van der Waals surface area contributed by atoms with Crippen molar-refractivity contribution >= 4 is 51.2 Å². The summed E-state index contributed by atoms with van der Waals surface area (Å²) in [5, 5.41) is 11.4. The Morgan fingerprint density at radius 1 is 1.04 bits per heavy atom. The van der Waals surface area contributed by atoms with E-state index in [1.54, 1.807) is 97.3 Å². The summed E-state index contributed by atoms with van der Waals surface area (Å²) >= 11 is 6.02. The number of carbonyl (C=O) groups is 2. The predicted octanol–water partition coefficient (Wildman–Crippen LogP) is 4.95. The Balaban J connectivity index is 1.32. The molecule has 50 heavy (non-hydrogen) atoms. The summed E-state index contributed by atoms with van der Waals surface area (Å²) < 4.78 is 38.4. The molecule has 4 aromatic rings. The van der Waals surface area contributed by atoms with Gasteiger partial charge in [-0.25, -0.2) is 0 Å². The van der Waals surface area contributed by atoms with E-state index in [4.69, 9.17) is 40.5 Å². The quantitative estimate of drug-likeness (QED) is 0.0464. The number of aliphatic hydroxyl groups is 1. The molecule has 2 unspecified atom stereocenters. The largest absolute Gasteiger partial charge is 0.497 e. The summed E-state index contributed by atoms with van der Waals surface area (Å²) in [4.78, 5) is 55.4. The van der Waals surface area contributed by atoms with Gasteiger partial charge < -0.3 is 38.9 Å². The number of ether oxygens (including phenoxy) is 3. The Kier molecular flexibility index (Phi) is 14.3. The third-order valence-corrected chi connectivity index (χ3v) is 8.88. The first-order valence-corrected chi connectivity index (χ1v) is 18.1. The molecule has 14 nitrogen and oxygen atoms in total. The fourth-order valence-corrected chi connectivity index (χ4v) is 6.22. The van der Waals surface area contributed by atoms with E-state index in [1.807, 2.05) is 0 Å². The molecular formula is C33H39ClN2O12P2. The molecule has 0 amide bonds. The normalized spacial score (nSPS) is 13.4. The van der Waals surface area contributed by atoms with Crippen LogP contribution in [0.25, 0.3) is 10.9 Å². The van der Waals surface area contributed by atoms with Crippen LogP contribution in [0.15, 0.2) is 66.7 Å². The molecule has 0 saturated carbocycles. The second-order valence-corrected chi connectivity index (χ2v) is 13.1. The molecule has 1 aromatic heterocycles. The van der Waals surface area contributed by atoms with Gasteiger partial charge in [0.15, 0.2) is 0 Å². The molecule has 0 aliphatic heterocycles. The zero-order chi connectivity index (χ0) is 36.4. The lowest BCUT2D eigenvalue weighted by Gasteiger charge is -2.28. The summed E-state index contributed by atoms with van der Waals surface area (Å²) in [5.74, 6) is -2.20. The van der Waals surface area contributed by atoms with Crippen molar-refractivity contribution in [2.75, 3.05) is 33.9 Å². The Morgan fingerprint density at radius 2 is 1.78 bits per heavy atom. The number of rotatable bonds is 18. The molecule has 2 atom stereocenters. The molecule has 0 spiro atoms. The Morgan fingerprint density at radius 3 is 2.46 bits per heavy atom. The summed E-state index contributed by atoms with van der Waals surface area (Å²) in [6.07, 6.45) is 0.174. The van der Waals surface area contributed by atoms with Crippen LogP contribution in [-0.4, -0.2) is 81.0 Å². The van der Waals surface area contributed by atoms with Gasteiger partial charge in [-0.05, 0) is 86.1 Å². The van der Waals surface area contributed by atoms with Crippen molar-refractivity contribution in [3.63, 3.8) is 0 Å². The van der Waals surface area contributed by atoms with Crippen molar-refractivity contribution in [2.45, 2.75) is 38.8 Å². The number of carbonyl (C=O) groups excluding carboxylic acids is 2. The molecular weight excluding hydrogens is 714 g/mol. The van der Waals surface area contributed by atoms with Gasteiger partial charge in [0.1, 0.15) is 18.1 Å². The van der Waals surface area contributed by atoms with Crippen LogP contribution >= 0.6 is 28.5 Å². The van der Waals surface area contributed by atoms with E-state index in [2.05, 4.69) is 9.05 Å². The van der Waals surface area contributed by atoms with Crippen LogP contribution in [-0.2, 0) is 36.2 Å². The van der Waals surface area contributed by atoms with Crippen molar-refractivity contribution < 1.29 is 57.2 Å². The highest BCUT2D eigenvalue weighted by Gasteiger charge is 2.35. The Bertz CT molecular complexity index is 1800. The van der Waals surface area contributed by atoms with Crippen molar-refractivity contribution in [1.29, 1.82) is 0 Å². The lowest BCUT2D eigenvalue weighted by Crippen LogP contribution is -2.36. The molecule has 3 aromatic carbocycles. The molecule has 0 bridgehead atoms. The standard InChI is InChI=1S/C33H39ClN2O12P2/c1-22-28(29-19-26(44-3)12-13-30(29)36(22)32(38)24-8-10-25(34)11-9-24)20-31(37)46-21-23-6-4-7-27(18-23)45-17-5-15-35(2)16-14-33(39,47-49(40)41)48-50(42)43/h4,6-13,18-19,39-41,50H,5,14-17,20-21H2,1-3H3,(H,42,43). The van der Waals surface area contributed by atoms with Gasteiger partial charge >= 0.3 is 22.8 Å². The van der Waals surface area contributed by atoms with E-state index in [1.165, 1.54) is 0 Å². The maximum Gasteiger partial charge on any atom is 0.331 e. The van der Waals surface area contributed by atoms with Crippen LogP contribution in [0.5, 0.6) is 11.5 Å². The summed E-state index contributed by atoms with van der Waals surface area (Å²) in [5.41, 5.74) is 3.04. The molecule has 1 heterocycles. The maximum absolute atomic E-state index is 13.6. The number of halogens is 1. The highest BCUT2D eigenvalue weighted by Crippen LogP contribution is 2.38. The molecule has 0 radical (unpaired) electrons. The van der Waals surface area contributed by atoms with Gasteiger partial charge in [-0.3, -0.25) is 27.8 Å². The number of aromatic nitrogens is 1. The number of nitrogens with zero attached hydrogens (tertiary/aromatic N) is 2. The van der Waals surface area contributed by atoms with Crippen LogP contribution in [0.3, 0.4) is 0 Å². The van der Waals surface area contributed by atoms with Gasteiger partial charge in [0.25, 0.3) is 11.9 Å². The molecule has 0 saturated heterocycles. The second-order valence-electron chi connectivity index (χ2n) is 11.3. The molecule has 0 fully saturated rings. The topological polar surface area (TPSA) is 186 Å². The second kappa shape index (κ2) is 18.2. The van der Waals surface area contributed by atoms with Crippen molar-refractivity contribution in [3.8, 4) is 11.5 Å². The highest BCUT2D eigenvalue weighted by atomic mass is 35.5. The van der Waals surface area contributed by atoms with Gasteiger partial charge in [0, 0.05) is 41.2 Å². The summed E-state index contributed by atoms with van der Waals surface area (Å²) in [6.45, 7) is 2.76. The van der Waals surface area contributed by atoms with E-state index in [-0.39, 0.29) is 31.9 Å². The minimum atomic E-state index is -3.61. The zero-order valence-corrected chi connectivity index (χ0v) is 30.2. The number of hydrogen-bond donors (Lipinski definition) is 4. The third kappa shape index (κ3) is 11.1. The van der Waals surface area contributed by atoms with Crippen LogP contribution in [0.1, 0.15) is 40.0 Å². The van der Waals surface area contributed by atoms with E-state index < -0.39 is 28.8 Å². The lowest BCUT2D eigenvalue weighted by atomic mass is 10.1. The van der Waals surface area contributed by atoms with Crippen LogP contribution in [0.2, 0.25) is 5.02 Å². The fraction of sp³-hybridized carbons (Fsp3) is 0.333. The molecule has 0 aliphatic rings. The minimum absolute atomic E-state index is 0.000556. The number of methoxy groups -OCH3 is 1. The maximum atomic E-state index is 13.6. The van der Waals surface area contributed by atoms with Crippen molar-refractivity contribution in [2.24, 2.45) is 0 Å². The van der Waals surface area contributed by atoms with Gasteiger partial charge in [0.05, 0.1) is 25.7 Å². The SMILES string of the molecule is COc1ccc2c(c1)c(CC(=O)OCc1cccc(OCCCN(C)CCC(O)(OP(O)O)O[PH](=O)O)c1)c(C)n2C(=O)c1ccc(Cl)cc1. The van der Waals surface area contributed by atoms with Crippen molar-refractivity contribution in [1.82, 2.24) is 9.47 Å². The smallest absolute Gasteiger partial charge is 0.331 e. The van der Waals surface area contributed by atoms with Gasteiger partial charge in [-0.1, -0.05) is 23.7 Å². The lowest BCUT2D eigenvalue weighted by molar-refractivity contribution is -0.280. The fourth-order valence-electron chi connectivity index (χ4n) is 5.23. The van der Waals surface area contributed by atoms with E-state index in [0.717, 1.165) is 0 Å². The first-order chi connectivity index (χ1) is 23.8. The number of esters is 1. The van der Waals surface area contributed by atoms with Crippen LogP contribution < -0.4 is 9.47 Å². The van der Waals surface area contributed by atoms with Gasteiger partial charge in [-0.15, -0.1) is 0 Å². The monoisotopic (exact) mass is 752 g/mol. The van der Waals surface area contributed by atoms with E-state index in [9.17, 15) is 19.3 Å². The van der Waals surface area contributed by atoms with Crippen molar-refractivity contribution in [3.05, 3.63) is 94.1 Å². The Hall–Kier alpha value is -3.39. The summed E-state index contributed by atoms with van der Waals surface area (Å²) in [7, 11) is -3.36. The summed E-state index contributed by atoms with van der Waals surface area (Å²) in [6, 6.07) is 19.1. The zero-order valence-electron chi connectivity index (χ0n) is 27.6. The van der Waals surface area contributed by atoms with Crippen LogP contribution in [0, 0.1) is 6.92 Å². The molecule has 17 heteroatoms. The first kappa shape index (κ1) is 39.4. The number of hydrogen-bond acceptors (Lipinski definition) is 12. The van der Waals surface area contributed by atoms with Gasteiger partial charge in [0.2, 0.25) is 0 Å². The van der Waals surface area contributed by atoms with Crippen LogP contribution in [0.4, 0.5) is 0 Å². The van der Waals surface area contributed by atoms with Gasteiger partial charge in [-0.2, -0.15) is 0 Å². The minimum Gasteiger partial charge on any atom is -0.497 e. The molecule has 4 rings (SSSR count). The molecule has 270 valence electrons. The first-order valence-electron chi connectivity index (χ1n) is 15.3. The number of benzene rings is 3. The third-order valence-electron chi connectivity index (χ3n) is 7.69. The molecule has 4 N–H and O–H groups in total. The number of fused-ring (bicyclic) bond motifs is 1. The predicted molar refractivity (Wildman–Crippen MR) is 186 cm³/mol. The highest BCUT2D eigenvalue weighted by molar-refractivity contribution is 7.39. The van der Waals surface area contributed by atoms with E-state index in [0.29, 0.717) is 69.4 Å². The average molecular weight is 753 g/mol. The average Bonchev–Trinajstić information content (AvgIpc) is 3.34. The van der Waals surface area contributed by atoms with E-state index >= 15 is 0 Å². The Labute approximate surface area is 295 Å².